The van der Waals surface area contributed by atoms with Gasteiger partial charge in [0.15, 0.2) is 0 Å². The summed E-state index contributed by atoms with van der Waals surface area (Å²) in [6, 6.07) is 15.3. The number of nitrogens with one attached hydrogen (secondary N) is 1. The molecular weight excluding hydrogens is 331 g/mol. The number of hydrogen-bond donors (Lipinski definition) is 1. The van der Waals surface area contributed by atoms with Crippen LogP contribution in [-0.2, 0) is 11.3 Å². The van der Waals surface area contributed by atoms with Gasteiger partial charge in [-0.3, -0.25) is 4.79 Å². The molecule has 0 unspecified atom stereocenters. The molecule has 1 N–H and O–H groups in total. The minimum Gasteiger partial charge on any atom is -0.382 e. The standard InChI is InChI=1S/C18H20Cl2N2O/c1-2-22(13-14-7-4-3-5-8-14)17(23)11-12-21-18-15(19)9-6-10-16(18)20/h3-10,21H,2,11-13H2,1H3. The molecule has 0 aliphatic carbocycles. The van der Waals surface area contributed by atoms with Crippen LogP contribution >= 0.6 is 23.2 Å². The lowest BCUT2D eigenvalue weighted by Gasteiger charge is -2.21. The van der Waals surface area contributed by atoms with Gasteiger partial charge in [-0.25, -0.2) is 0 Å². The number of carbonyl (C=O) groups is 1. The highest BCUT2D eigenvalue weighted by atomic mass is 35.5. The maximum atomic E-state index is 12.4. The maximum absolute atomic E-state index is 12.4. The topological polar surface area (TPSA) is 32.3 Å². The van der Waals surface area contributed by atoms with E-state index in [1.165, 1.54) is 0 Å². The van der Waals surface area contributed by atoms with Gasteiger partial charge in [0.2, 0.25) is 5.91 Å². The SMILES string of the molecule is CCN(Cc1ccccc1)C(=O)CCNc1c(Cl)cccc1Cl. The van der Waals surface area contributed by atoms with E-state index >= 15 is 0 Å². The summed E-state index contributed by atoms with van der Waals surface area (Å²) in [7, 11) is 0. The van der Waals surface area contributed by atoms with Crippen LogP contribution in [0.15, 0.2) is 48.5 Å². The molecular formula is C18H20Cl2N2O. The van der Waals surface area contributed by atoms with E-state index in [0.29, 0.717) is 41.8 Å². The van der Waals surface area contributed by atoms with Crippen molar-refractivity contribution in [1.82, 2.24) is 4.90 Å². The maximum Gasteiger partial charge on any atom is 0.224 e. The number of halogens is 2. The number of hydrogen-bond acceptors (Lipinski definition) is 2. The highest BCUT2D eigenvalue weighted by Gasteiger charge is 2.12. The summed E-state index contributed by atoms with van der Waals surface area (Å²) in [5.74, 6) is 0.104. The van der Waals surface area contributed by atoms with Crippen molar-refractivity contribution in [1.29, 1.82) is 0 Å². The van der Waals surface area contributed by atoms with Gasteiger partial charge in [0.05, 0.1) is 15.7 Å². The Morgan fingerprint density at radius 3 is 2.30 bits per heavy atom. The summed E-state index contributed by atoms with van der Waals surface area (Å²) < 4.78 is 0. The lowest BCUT2D eigenvalue weighted by molar-refractivity contribution is -0.131. The Kier molecular flexibility index (Phi) is 6.75. The molecule has 0 bridgehead atoms. The molecule has 0 radical (unpaired) electrons. The average Bonchev–Trinajstić information content (AvgIpc) is 2.56. The first-order chi connectivity index (χ1) is 11.1. The van der Waals surface area contributed by atoms with Crippen LogP contribution in [0.2, 0.25) is 10.0 Å². The van der Waals surface area contributed by atoms with Crippen molar-refractivity contribution < 1.29 is 4.79 Å². The molecule has 0 atom stereocenters. The summed E-state index contributed by atoms with van der Waals surface area (Å²) in [4.78, 5) is 14.2. The molecule has 2 aromatic rings. The van der Waals surface area contributed by atoms with Crippen LogP contribution in [0.25, 0.3) is 0 Å². The van der Waals surface area contributed by atoms with Crippen LogP contribution in [0.4, 0.5) is 5.69 Å². The van der Waals surface area contributed by atoms with Crippen molar-refractivity contribution in [2.45, 2.75) is 19.9 Å². The quantitative estimate of drug-likeness (QED) is 0.774. The molecule has 0 saturated carbocycles. The van der Waals surface area contributed by atoms with E-state index in [4.69, 9.17) is 23.2 Å². The van der Waals surface area contributed by atoms with E-state index in [1.54, 1.807) is 18.2 Å². The van der Waals surface area contributed by atoms with Gasteiger partial charge in [-0.15, -0.1) is 0 Å². The highest BCUT2D eigenvalue weighted by molar-refractivity contribution is 6.39. The van der Waals surface area contributed by atoms with Crippen molar-refractivity contribution in [3.8, 4) is 0 Å². The minimum absolute atomic E-state index is 0.104. The zero-order valence-corrected chi connectivity index (χ0v) is 14.6. The molecule has 0 heterocycles. The fourth-order valence-corrected chi connectivity index (χ4v) is 2.83. The lowest BCUT2D eigenvalue weighted by Crippen LogP contribution is -2.31. The van der Waals surface area contributed by atoms with Crippen LogP contribution in [-0.4, -0.2) is 23.9 Å². The molecule has 0 aromatic heterocycles. The molecule has 0 spiro atoms. The Labute approximate surface area is 147 Å². The number of nitrogens with zero attached hydrogens (tertiary/aromatic N) is 1. The number of benzene rings is 2. The van der Waals surface area contributed by atoms with E-state index in [-0.39, 0.29) is 5.91 Å². The molecule has 3 nitrogen and oxygen atoms in total. The third kappa shape index (κ3) is 5.15. The smallest absolute Gasteiger partial charge is 0.224 e. The molecule has 2 rings (SSSR count). The lowest BCUT2D eigenvalue weighted by atomic mass is 10.2. The predicted octanol–water partition coefficient (Wildman–Crippen LogP) is 4.84. The first-order valence-electron chi connectivity index (χ1n) is 7.61. The van der Waals surface area contributed by atoms with Gasteiger partial charge in [0, 0.05) is 26.1 Å². The molecule has 23 heavy (non-hydrogen) atoms. The summed E-state index contributed by atoms with van der Waals surface area (Å²) in [5, 5.41) is 4.26. The zero-order valence-electron chi connectivity index (χ0n) is 13.1. The average molecular weight is 351 g/mol. The fourth-order valence-electron chi connectivity index (χ4n) is 2.30. The predicted molar refractivity (Wildman–Crippen MR) is 97.1 cm³/mol. The normalized spacial score (nSPS) is 10.4. The number of para-hydroxylation sites is 1. The zero-order chi connectivity index (χ0) is 16.7. The molecule has 0 saturated heterocycles. The summed E-state index contributed by atoms with van der Waals surface area (Å²) in [5.41, 5.74) is 1.81. The first kappa shape index (κ1) is 17.6. The second-order valence-electron chi connectivity index (χ2n) is 5.17. The number of carbonyl (C=O) groups excluding carboxylic acids is 1. The van der Waals surface area contributed by atoms with Crippen LogP contribution in [0.5, 0.6) is 0 Å². The number of amides is 1. The van der Waals surface area contributed by atoms with Gasteiger partial charge in [-0.1, -0.05) is 59.6 Å². The summed E-state index contributed by atoms with van der Waals surface area (Å²) in [6.45, 7) is 3.79. The summed E-state index contributed by atoms with van der Waals surface area (Å²) >= 11 is 12.2. The van der Waals surface area contributed by atoms with Crippen LogP contribution in [0.1, 0.15) is 18.9 Å². The molecule has 1 amide bonds. The molecule has 0 aliphatic rings. The highest BCUT2D eigenvalue weighted by Crippen LogP contribution is 2.29. The Balaban J connectivity index is 1.88. The van der Waals surface area contributed by atoms with Crippen molar-refractivity contribution in [2.24, 2.45) is 0 Å². The van der Waals surface area contributed by atoms with Crippen molar-refractivity contribution in [3.63, 3.8) is 0 Å². The van der Waals surface area contributed by atoms with Gasteiger partial charge in [-0.2, -0.15) is 0 Å². The van der Waals surface area contributed by atoms with Gasteiger partial charge in [0.1, 0.15) is 0 Å². The minimum atomic E-state index is 0.104. The second kappa shape index (κ2) is 8.80. The number of anilines is 1. The van der Waals surface area contributed by atoms with Gasteiger partial charge >= 0.3 is 0 Å². The van der Waals surface area contributed by atoms with E-state index in [2.05, 4.69) is 5.32 Å². The van der Waals surface area contributed by atoms with Crippen molar-refractivity contribution in [3.05, 3.63) is 64.1 Å². The van der Waals surface area contributed by atoms with Gasteiger partial charge < -0.3 is 10.2 Å². The van der Waals surface area contributed by atoms with E-state index in [0.717, 1.165) is 5.56 Å². The molecule has 0 aliphatic heterocycles. The van der Waals surface area contributed by atoms with Crippen LogP contribution < -0.4 is 5.32 Å². The summed E-state index contributed by atoms with van der Waals surface area (Å²) in [6.07, 6.45) is 0.391. The van der Waals surface area contributed by atoms with Gasteiger partial charge in [0.25, 0.3) is 0 Å². The van der Waals surface area contributed by atoms with E-state index < -0.39 is 0 Å². The second-order valence-corrected chi connectivity index (χ2v) is 5.98. The molecule has 0 fully saturated rings. The molecule has 122 valence electrons. The molecule has 5 heteroatoms. The Morgan fingerprint density at radius 2 is 1.70 bits per heavy atom. The Morgan fingerprint density at radius 1 is 1.04 bits per heavy atom. The fraction of sp³-hybridized carbons (Fsp3) is 0.278. The number of rotatable bonds is 7. The Bertz CT molecular complexity index is 626. The monoisotopic (exact) mass is 350 g/mol. The van der Waals surface area contributed by atoms with E-state index in [9.17, 15) is 4.79 Å². The molecule has 2 aromatic carbocycles. The van der Waals surface area contributed by atoms with E-state index in [1.807, 2.05) is 42.2 Å². The largest absolute Gasteiger partial charge is 0.382 e. The third-order valence-corrected chi connectivity index (χ3v) is 4.18. The Hall–Kier alpha value is -1.71. The van der Waals surface area contributed by atoms with Crippen molar-refractivity contribution >= 4 is 34.8 Å². The van der Waals surface area contributed by atoms with Gasteiger partial charge in [-0.05, 0) is 24.6 Å². The van der Waals surface area contributed by atoms with Crippen LogP contribution in [0.3, 0.4) is 0 Å². The van der Waals surface area contributed by atoms with Crippen LogP contribution in [0, 0.1) is 0 Å². The van der Waals surface area contributed by atoms with Crippen molar-refractivity contribution in [2.75, 3.05) is 18.4 Å². The third-order valence-electron chi connectivity index (χ3n) is 3.55. The first-order valence-corrected chi connectivity index (χ1v) is 8.37.